The van der Waals surface area contributed by atoms with Gasteiger partial charge in [0.15, 0.2) is 13.6 Å². The summed E-state index contributed by atoms with van der Waals surface area (Å²) in [5.74, 6) is -0.652. The lowest BCUT2D eigenvalue weighted by molar-refractivity contribution is 0.0111. The zero-order valence-corrected chi connectivity index (χ0v) is 14.4. The quantitative estimate of drug-likeness (QED) is 0.484. The van der Waals surface area contributed by atoms with Crippen molar-refractivity contribution >= 4 is 17.6 Å². The number of hydrogen-bond acceptors (Lipinski definition) is 5. The van der Waals surface area contributed by atoms with Gasteiger partial charge in [0.2, 0.25) is 0 Å². The molecule has 0 aliphatic heterocycles. The van der Waals surface area contributed by atoms with E-state index in [1.165, 1.54) is 6.07 Å². The second-order valence-electron chi connectivity index (χ2n) is 4.83. The average molecular weight is 347 g/mol. The molecule has 130 valence electrons. The molecule has 0 unspecified atom stereocenters. The maximum Gasteiger partial charge on any atom is 0.339 e. The van der Waals surface area contributed by atoms with Crippen LogP contribution >= 0.6 is 11.6 Å². The highest BCUT2D eigenvalue weighted by molar-refractivity contribution is 6.33. The molecule has 0 saturated heterocycles. The Labute approximate surface area is 141 Å². The van der Waals surface area contributed by atoms with Crippen LogP contribution in [-0.2, 0) is 9.47 Å². The lowest BCUT2D eigenvalue weighted by atomic mass is 10.1. The van der Waals surface area contributed by atoms with Crippen molar-refractivity contribution in [3.05, 3.63) is 22.2 Å². The lowest BCUT2D eigenvalue weighted by Crippen LogP contribution is -2.11. The number of benzene rings is 1. The SMILES string of the molecule is CCCOCOc1cc(OCOCCC)c(C(=O)O)c(C)c1Cl. The first kappa shape index (κ1) is 19.5. The number of ether oxygens (including phenoxy) is 4. The van der Waals surface area contributed by atoms with E-state index in [-0.39, 0.29) is 29.9 Å². The van der Waals surface area contributed by atoms with Gasteiger partial charge in [0.25, 0.3) is 0 Å². The van der Waals surface area contributed by atoms with E-state index in [2.05, 4.69) is 0 Å². The molecule has 0 fully saturated rings. The van der Waals surface area contributed by atoms with Gasteiger partial charge in [0.1, 0.15) is 17.1 Å². The Kier molecular flexibility index (Phi) is 8.76. The summed E-state index contributed by atoms with van der Waals surface area (Å²) < 4.78 is 21.4. The third-order valence-electron chi connectivity index (χ3n) is 2.94. The van der Waals surface area contributed by atoms with Crippen molar-refractivity contribution in [2.75, 3.05) is 26.8 Å². The fourth-order valence-corrected chi connectivity index (χ4v) is 2.04. The minimum absolute atomic E-state index is 0.00285. The summed E-state index contributed by atoms with van der Waals surface area (Å²) in [5.41, 5.74) is 0.370. The molecule has 0 saturated carbocycles. The predicted octanol–water partition coefficient (Wildman–Crippen LogP) is 3.87. The number of rotatable bonds is 11. The van der Waals surface area contributed by atoms with Crippen LogP contribution in [0.2, 0.25) is 5.02 Å². The molecule has 0 radical (unpaired) electrons. The summed E-state index contributed by atoms with van der Waals surface area (Å²) in [4.78, 5) is 11.4. The van der Waals surface area contributed by atoms with Crippen LogP contribution in [0, 0.1) is 6.92 Å². The molecule has 7 heteroatoms. The average Bonchev–Trinajstić information content (AvgIpc) is 2.52. The highest BCUT2D eigenvalue weighted by Gasteiger charge is 2.21. The van der Waals surface area contributed by atoms with Gasteiger partial charge < -0.3 is 24.1 Å². The van der Waals surface area contributed by atoms with Crippen molar-refractivity contribution in [2.24, 2.45) is 0 Å². The van der Waals surface area contributed by atoms with E-state index in [0.29, 0.717) is 24.5 Å². The largest absolute Gasteiger partial charge is 0.478 e. The predicted molar refractivity (Wildman–Crippen MR) is 86.6 cm³/mol. The Morgan fingerprint density at radius 3 is 2.09 bits per heavy atom. The Balaban J connectivity index is 2.94. The third-order valence-corrected chi connectivity index (χ3v) is 3.41. The zero-order valence-electron chi connectivity index (χ0n) is 13.7. The summed E-state index contributed by atoms with van der Waals surface area (Å²) in [6.07, 6.45) is 1.72. The van der Waals surface area contributed by atoms with Gasteiger partial charge in [-0.2, -0.15) is 0 Å². The van der Waals surface area contributed by atoms with Crippen LogP contribution in [0.4, 0.5) is 0 Å². The van der Waals surface area contributed by atoms with Crippen molar-refractivity contribution < 1.29 is 28.8 Å². The Hall–Kier alpha value is -1.50. The monoisotopic (exact) mass is 346 g/mol. The summed E-state index contributed by atoms with van der Waals surface area (Å²) >= 11 is 6.18. The molecule has 0 amide bonds. The van der Waals surface area contributed by atoms with E-state index in [0.717, 1.165) is 12.8 Å². The normalized spacial score (nSPS) is 10.6. The van der Waals surface area contributed by atoms with Crippen LogP contribution in [0.3, 0.4) is 0 Å². The van der Waals surface area contributed by atoms with Gasteiger partial charge in [0.05, 0.1) is 18.2 Å². The molecule has 0 aromatic heterocycles. The maximum absolute atomic E-state index is 11.4. The summed E-state index contributed by atoms with van der Waals surface area (Å²) in [7, 11) is 0. The Morgan fingerprint density at radius 2 is 1.61 bits per heavy atom. The van der Waals surface area contributed by atoms with Crippen molar-refractivity contribution in [2.45, 2.75) is 33.6 Å². The molecule has 1 rings (SSSR count). The minimum Gasteiger partial charge on any atom is -0.478 e. The van der Waals surface area contributed by atoms with Crippen LogP contribution < -0.4 is 9.47 Å². The smallest absolute Gasteiger partial charge is 0.339 e. The highest BCUT2D eigenvalue weighted by atomic mass is 35.5. The first-order valence-corrected chi connectivity index (χ1v) is 7.88. The van der Waals surface area contributed by atoms with Crippen molar-refractivity contribution in [3.8, 4) is 11.5 Å². The van der Waals surface area contributed by atoms with Gasteiger partial charge in [-0.15, -0.1) is 0 Å². The number of carboxylic acid groups (broad SMARTS) is 1. The first-order chi connectivity index (χ1) is 11.0. The van der Waals surface area contributed by atoms with Crippen LogP contribution in [0.5, 0.6) is 11.5 Å². The standard InChI is InChI=1S/C16H23ClO6/c1-4-6-20-9-22-12-8-13(23-10-21-7-5-2)15(17)11(3)14(12)16(18)19/h8H,4-7,9-10H2,1-3H3,(H,18,19). The molecule has 0 heterocycles. The Bertz CT molecular complexity index is 518. The van der Waals surface area contributed by atoms with Gasteiger partial charge in [-0.3, -0.25) is 0 Å². The maximum atomic E-state index is 11.4. The van der Waals surface area contributed by atoms with Crippen LogP contribution in [0.15, 0.2) is 6.07 Å². The van der Waals surface area contributed by atoms with E-state index >= 15 is 0 Å². The second-order valence-corrected chi connectivity index (χ2v) is 5.21. The van der Waals surface area contributed by atoms with E-state index in [9.17, 15) is 9.90 Å². The van der Waals surface area contributed by atoms with Gasteiger partial charge in [-0.1, -0.05) is 25.4 Å². The first-order valence-electron chi connectivity index (χ1n) is 7.50. The molecule has 0 bridgehead atoms. The second kappa shape index (κ2) is 10.3. The molecule has 23 heavy (non-hydrogen) atoms. The Morgan fingerprint density at radius 1 is 1.09 bits per heavy atom. The van der Waals surface area contributed by atoms with Gasteiger partial charge in [0, 0.05) is 6.07 Å². The van der Waals surface area contributed by atoms with E-state index in [1.54, 1.807) is 6.92 Å². The van der Waals surface area contributed by atoms with Crippen molar-refractivity contribution in [3.63, 3.8) is 0 Å². The fourth-order valence-electron chi connectivity index (χ4n) is 1.84. The topological polar surface area (TPSA) is 74.2 Å². The number of hydrogen-bond donors (Lipinski definition) is 1. The lowest BCUT2D eigenvalue weighted by Gasteiger charge is -2.16. The van der Waals surface area contributed by atoms with E-state index < -0.39 is 5.97 Å². The summed E-state index contributed by atoms with van der Waals surface area (Å²) in [5, 5.41) is 9.59. The molecule has 0 spiro atoms. The van der Waals surface area contributed by atoms with Crippen LogP contribution in [-0.4, -0.2) is 37.9 Å². The minimum atomic E-state index is -1.12. The molecule has 1 N–H and O–H groups in total. The van der Waals surface area contributed by atoms with E-state index in [1.807, 2.05) is 13.8 Å². The molecule has 1 aromatic carbocycles. The van der Waals surface area contributed by atoms with Crippen molar-refractivity contribution in [1.82, 2.24) is 0 Å². The molecule has 0 atom stereocenters. The number of carboxylic acids is 1. The molecular weight excluding hydrogens is 324 g/mol. The number of halogens is 1. The van der Waals surface area contributed by atoms with Crippen LogP contribution in [0.25, 0.3) is 0 Å². The highest BCUT2D eigenvalue weighted by Crippen LogP contribution is 2.37. The zero-order chi connectivity index (χ0) is 17.2. The van der Waals surface area contributed by atoms with Gasteiger partial charge >= 0.3 is 5.97 Å². The molecule has 0 aliphatic rings. The molecule has 6 nitrogen and oxygen atoms in total. The summed E-state index contributed by atoms with van der Waals surface area (Å²) in [6, 6.07) is 1.45. The number of aromatic carboxylic acids is 1. The third kappa shape index (κ3) is 5.89. The van der Waals surface area contributed by atoms with E-state index in [4.69, 9.17) is 30.5 Å². The van der Waals surface area contributed by atoms with Crippen molar-refractivity contribution in [1.29, 1.82) is 0 Å². The molecule has 1 aromatic rings. The van der Waals surface area contributed by atoms with Gasteiger partial charge in [-0.05, 0) is 25.3 Å². The number of carbonyl (C=O) groups is 1. The van der Waals surface area contributed by atoms with Gasteiger partial charge in [-0.25, -0.2) is 4.79 Å². The molecular formula is C16H23ClO6. The summed E-state index contributed by atoms with van der Waals surface area (Å²) in [6.45, 7) is 6.65. The fraction of sp³-hybridized carbons (Fsp3) is 0.562. The molecule has 0 aliphatic carbocycles. The van der Waals surface area contributed by atoms with Crippen LogP contribution in [0.1, 0.15) is 42.6 Å².